The lowest BCUT2D eigenvalue weighted by Crippen LogP contribution is -2.27. The van der Waals surface area contributed by atoms with E-state index in [0.29, 0.717) is 72.5 Å². The third kappa shape index (κ3) is 21.1. The highest BCUT2D eigenvalue weighted by Crippen LogP contribution is 2.35. The highest BCUT2D eigenvalue weighted by atomic mass is 35.5. The molecule has 2 fully saturated rings. The molecule has 24 heteroatoms. The van der Waals surface area contributed by atoms with E-state index in [2.05, 4.69) is 24.4 Å². The largest absolute Gasteiger partial charge is 0.480 e. The normalized spacial score (nSPS) is 12.7. The fourth-order valence-corrected chi connectivity index (χ4v) is 9.25. The molecule has 0 radical (unpaired) electrons. The Labute approximate surface area is 497 Å². The Morgan fingerprint density at radius 1 is 0.641 bits per heavy atom. The Morgan fingerprint density at radius 3 is 1.44 bits per heavy atom. The van der Waals surface area contributed by atoms with Crippen LogP contribution in [0.15, 0.2) is 159 Å². The molecule has 2 saturated heterocycles. The number of aldehydes is 1. The molecule has 7 aromatic rings. The molecule has 0 atom stereocenters. The summed E-state index contributed by atoms with van der Waals surface area (Å²) in [5.74, 6) is -1.02. The van der Waals surface area contributed by atoms with Crippen LogP contribution in [0.25, 0.3) is 28.7 Å². The number of hydrogen-bond acceptors (Lipinski definition) is 15. The zero-order chi connectivity index (χ0) is 57.3. The molecule has 2 aliphatic rings. The number of aliphatic carboxylic acids is 1. The molecular weight excluding hydrogens is 1200 g/mol. The summed E-state index contributed by atoms with van der Waals surface area (Å²) >= 11 is 43.3. The maximum Gasteiger partial charge on any atom is 0.335 e. The van der Waals surface area contributed by atoms with E-state index in [4.69, 9.17) is 101 Å². The van der Waals surface area contributed by atoms with Crippen LogP contribution in [0.4, 0.5) is 0 Å². The van der Waals surface area contributed by atoms with Crippen LogP contribution in [0, 0.1) is 0 Å². The van der Waals surface area contributed by atoms with Crippen molar-refractivity contribution in [2.75, 3.05) is 11.6 Å². The Kier molecular flexibility index (Phi) is 27.3. The van der Waals surface area contributed by atoms with Gasteiger partial charge in [0.2, 0.25) is 5.91 Å². The second-order valence-corrected chi connectivity index (χ2v) is 20.8. The number of alkyl halides is 1. The standard InChI is InChI=1S/C22H14ClNO4S2.C12H8O4.C10H8ClNOS2.C7H8ClN.C2H3ClO2.CS2/c23-16-3-1-2-13(10-16)12-24-20(25)19(30-22(24)29)11-17-8-9-18(28-17)14-4-6-15(7-5-14)21(26)27;13-7-10-5-6-11(16-10)8-1-3-9(4-2-8)12(14)15;11-8-3-1-2-7(4-8)5-12-9(13)6-15-10(12)14;8-7-3-1-2-6(4-7)5-9;3-1-2(4)5;2-1-3/h1-11H,12H2,(H,26,27);1-7H,(H,14,15);1-4H,5-6H2;1-4H,5,9H2;1H2,(H,4,5);/b19-11-;;;;;. The molecule has 0 aliphatic carbocycles. The average Bonchev–Trinajstić information content (AvgIpc) is 4.24. The number of hydrogen-bond donors (Lipinski definition) is 4. The molecule has 9 rings (SSSR count). The number of carbonyl (C=O) groups excluding carboxylic acids is 3. The molecule has 0 spiro atoms. The van der Waals surface area contributed by atoms with Gasteiger partial charge in [-0.05, 0) is 126 Å². The topological polar surface area (TPSA) is 222 Å². The molecule has 2 aliphatic heterocycles. The predicted molar refractivity (Wildman–Crippen MR) is 323 cm³/mol. The number of thiocarbonyl (C=S) groups is 4. The smallest absolute Gasteiger partial charge is 0.335 e. The van der Waals surface area contributed by atoms with Gasteiger partial charge in [-0.3, -0.25) is 29.0 Å². The first-order valence-corrected chi connectivity index (χ1v) is 27.1. The van der Waals surface area contributed by atoms with Gasteiger partial charge in [-0.15, -0.1) is 11.6 Å². The first-order valence-electron chi connectivity index (χ1n) is 22.0. The second-order valence-electron chi connectivity index (χ2n) is 15.3. The van der Waals surface area contributed by atoms with Crippen molar-refractivity contribution in [1.82, 2.24) is 9.80 Å². The number of carbonyl (C=O) groups is 6. The lowest BCUT2D eigenvalue weighted by atomic mass is 10.1. The zero-order valence-electron chi connectivity index (χ0n) is 40.1. The number of aromatic carboxylic acids is 2. The van der Waals surface area contributed by atoms with Crippen LogP contribution in [0.5, 0.6) is 0 Å². The Bertz CT molecular complexity index is 3310. The first kappa shape index (κ1) is 64.2. The Morgan fingerprint density at radius 2 is 1.06 bits per heavy atom. The lowest BCUT2D eigenvalue weighted by molar-refractivity contribution is -0.134. The van der Waals surface area contributed by atoms with Crippen molar-refractivity contribution in [3.05, 3.63) is 205 Å². The van der Waals surface area contributed by atoms with Crippen molar-refractivity contribution in [3.8, 4) is 22.6 Å². The first-order chi connectivity index (χ1) is 37.3. The fourth-order valence-electron chi connectivity index (χ4n) is 6.31. The van der Waals surface area contributed by atoms with Crippen LogP contribution in [0.3, 0.4) is 0 Å². The maximum atomic E-state index is 12.8. The molecule has 2 amide bonds. The molecule has 5 aromatic carbocycles. The quantitative estimate of drug-likeness (QED) is 0.0386. The van der Waals surface area contributed by atoms with Crippen LogP contribution in [0.2, 0.25) is 15.1 Å². The van der Waals surface area contributed by atoms with E-state index in [-0.39, 0.29) is 34.6 Å². The lowest BCUT2D eigenvalue weighted by Gasteiger charge is -2.14. The molecular formula is C54H41Cl4N3O11S6. The van der Waals surface area contributed by atoms with Crippen LogP contribution < -0.4 is 5.73 Å². The number of benzene rings is 5. The SMILES string of the molecule is NCc1cccc(Cl)c1.O=C(O)CCl.O=C(O)c1ccc(-c2ccc(/C=C3\SC(=S)N(Cc4cccc(Cl)c4)C3=O)o2)cc1.O=C1CSC(=S)N1Cc1cccc(Cl)c1.O=Cc1ccc(-c2ccc(C(=O)O)cc2)o1.S=C=S. The summed E-state index contributed by atoms with van der Waals surface area (Å²) in [6, 6.07) is 41.7. The fraction of sp³-hybridized carbons (Fsp3) is 0.0926. The molecule has 0 bridgehead atoms. The van der Waals surface area contributed by atoms with Crippen molar-refractivity contribution in [3.63, 3.8) is 0 Å². The zero-order valence-corrected chi connectivity index (χ0v) is 48.0. The van der Waals surface area contributed by atoms with E-state index in [1.807, 2.05) is 65.0 Å². The molecule has 78 heavy (non-hydrogen) atoms. The summed E-state index contributed by atoms with van der Waals surface area (Å²) in [4.78, 5) is 69.2. The number of carboxylic acids is 3. The van der Waals surface area contributed by atoms with E-state index in [9.17, 15) is 28.8 Å². The van der Waals surface area contributed by atoms with Gasteiger partial charge in [-0.1, -0.05) is 143 Å². The van der Waals surface area contributed by atoms with Gasteiger partial charge in [0, 0.05) is 43.1 Å². The van der Waals surface area contributed by atoms with Gasteiger partial charge in [-0.2, -0.15) is 0 Å². The van der Waals surface area contributed by atoms with E-state index >= 15 is 0 Å². The van der Waals surface area contributed by atoms with Crippen molar-refractivity contribution in [2.45, 2.75) is 19.6 Å². The van der Waals surface area contributed by atoms with Crippen molar-refractivity contribution in [1.29, 1.82) is 0 Å². The summed E-state index contributed by atoms with van der Waals surface area (Å²) in [5, 5.41) is 27.3. The summed E-state index contributed by atoms with van der Waals surface area (Å²) in [6.07, 6.45) is 2.28. The second kappa shape index (κ2) is 33.2. The minimum Gasteiger partial charge on any atom is -0.480 e. The molecule has 2 aromatic heterocycles. The number of thioether (sulfide) groups is 2. The Hall–Kier alpha value is -6.36. The summed E-state index contributed by atoms with van der Waals surface area (Å²) in [5.41, 5.74) is 10.2. The number of rotatable bonds is 12. The van der Waals surface area contributed by atoms with Crippen molar-refractivity contribution in [2.24, 2.45) is 5.73 Å². The minimum absolute atomic E-state index is 0.0741. The van der Waals surface area contributed by atoms with Gasteiger partial charge in [0.15, 0.2) is 12.0 Å². The summed E-state index contributed by atoms with van der Waals surface area (Å²) in [6.45, 7) is 1.42. The van der Waals surface area contributed by atoms with Gasteiger partial charge in [-0.25, -0.2) is 9.59 Å². The third-order valence-corrected chi connectivity index (χ3v) is 13.6. The minimum atomic E-state index is -0.985. The van der Waals surface area contributed by atoms with Gasteiger partial charge >= 0.3 is 17.9 Å². The van der Waals surface area contributed by atoms with Gasteiger partial charge in [0.1, 0.15) is 31.8 Å². The molecule has 14 nitrogen and oxygen atoms in total. The van der Waals surface area contributed by atoms with Crippen LogP contribution in [0.1, 0.15) is 53.7 Å². The van der Waals surface area contributed by atoms with Crippen molar-refractivity contribution < 1.29 is 52.9 Å². The maximum absolute atomic E-state index is 12.8. The molecule has 402 valence electrons. The average molecular weight is 1240 g/mol. The highest BCUT2D eigenvalue weighted by Gasteiger charge is 2.32. The van der Waals surface area contributed by atoms with Crippen LogP contribution >= 0.6 is 119 Å². The highest BCUT2D eigenvalue weighted by molar-refractivity contribution is 8.26. The van der Waals surface area contributed by atoms with Gasteiger partial charge in [0.25, 0.3) is 5.91 Å². The summed E-state index contributed by atoms with van der Waals surface area (Å²) < 4.78 is 14.1. The van der Waals surface area contributed by atoms with E-state index in [1.165, 1.54) is 52.7 Å². The Balaban J connectivity index is 0.000000231. The number of nitrogens with zero attached hydrogens (tertiary/aromatic N) is 2. The van der Waals surface area contributed by atoms with Gasteiger partial charge < -0.3 is 29.9 Å². The van der Waals surface area contributed by atoms with Crippen LogP contribution in [-0.4, -0.2) is 85.7 Å². The van der Waals surface area contributed by atoms with Crippen LogP contribution in [-0.2, 0) is 34.0 Å². The monoisotopic (exact) mass is 1240 g/mol. The molecule has 5 N–H and O–H groups in total. The number of furan rings is 2. The van der Waals surface area contributed by atoms with Crippen molar-refractivity contribution >= 4 is 174 Å². The molecule has 0 saturated carbocycles. The summed E-state index contributed by atoms with van der Waals surface area (Å²) in [7, 11) is 0. The van der Waals surface area contributed by atoms with E-state index in [1.54, 1.807) is 71.6 Å². The third-order valence-electron chi connectivity index (χ3n) is 9.89. The number of halogens is 4. The number of amides is 2. The predicted octanol–water partition coefficient (Wildman–Crippen LogP) is 14.0. The van der Waals surface area contributed by atoms with E-state index in [0.717, 1.165) is 32.8 Å². The van der Waals surface area contributed by atoms with E-state index < -0.39 is 17.9 Å². The molecule has 4 heterocycles. The number of carboxylic acid groups (broad SMARTS) is 3. The van der Waals surface area contributed by atoms with Gasteiger partial charge in [0.05, 0.1) is 34.9 Å². The molecule has 0 unspecified atom stereocenters. The number of nitrogens with two attached hydrogens (primary N) is 1.